The summed E-state index contributed by atoms with van der Waals surface area (Å²) in [6, 6.07) is 0. The van der Waals surface area contributed by atoms with Crippen LogP contribution < -0.4 is 0 Å². The van der Waals surface area contributed by atoms with Crippen molar-refractivity contribution < 1.29 is 43.5 Å². The van der Waals surface area contributed by atoms with E-state index in [2.05, 4.69) is 0 Å². The Kier molecular flexibility index (Phi) is 6.00. The number of Topliss-reactive ketones (excluding diaryl/α,β-unsaturated/α-hetero) is 1. The zero-order chi connectivity index (χ0) is 17.1. The van der Waals surface area contributed by atoms with Crippen molar-refractivity contribution >= 4 is 17.7 Å². The summed E-state index contributed by atoms with van der Waals surface area (Å²) in [5, 5.41) is 19.7. The topological polar surface area (TPSA) is 129 Å². The normalized spacial score (nSPS) is 34.8. The van der Waals surface area contributed by atoms with Crippen LogP contribution in [0.1, 0.15) is 20.8 Å². The molecule has 1 aliphatic heterocycles. The maximum atomic E-state index is 12.1. The number of methoxy groups -OCH3 is 1. The highest BCUT2D eigenvalue weighted by Crippen LogP contribution is 2.36. The smallest absolute Gasteiger partial charge is 0.303 e. The zero-order valence-corrected chi connectivity index (χ0v) is 12.8. The Labute approximate surface area is 127 Å². The number of carbonyl (C=O) groups excluding carboxylic acids is 3. The third kappa shape index (κ3) is 3.27. The molecule has 1 saturated heterocycles. The Morgan fingerprint density at radius 1 is 1.18 bits per heavy atom. The minimum atomic E-state index is -2.17. The monoisotopic (exact) mass is 320 g/mol. The molecule has 0 saturated carbocycles. The number of aliphatic hydroxyl groups is 2. The lowest BCUT2D eigenvalue weighted by molar-refractivity contribution is -0.320. The molecule has 0 aromatic rings. The molecule has 126 valence electrons. The average molecular weight is 320 g/mol. The SMILES string of the molecule is CO[C@H]1O[C@H](CO)[C@](OC(C)=O)(C(C)=O)[C@H](OC(C)=O)[C@H]1O. The van der Waals surface area contributed by atoms with Gasteiger partial charge in [-0.15, -0.1) is 0 Å². The van der Waals surface area contributed by atoms with Gasteiger partial charge in [-0.2, -0.15) is 0 Å². The van der Waals surface area contributed by atoms with E-state index in [9.17, 15) is 24.6 Å². The maximum Gasteiger partial charge on any atom is 0.303 e. The second-order valence-electron chi connectivity index (χ2n) is 4.87. The quantitative estimate of drug-likeness (QED) is 0.583. The van der Waals surface area contributed by atoms with Gasteiger partial charge in [0, 0.05) is 21.0 Å². The van der Waals surface area contributed by atoms with Gasteiger partial charge in [0.15, 0.2) is 18.2 Å². The fraction of sp³-hybridized carbons (Fsp3) is 0.769. The first-order chi connectivity index (χ1) is 10.2. The molecule has 2 N–H and O–H groups in total. The molecule has 5 atom stereocenters. The van der Waals surface area contributed by atoms with Crippen LogP contribution in [0.2, 0.25) is 0 Å². The molecule has 0 spiro atoms. The number of hydrogen-bond acceptors (Lipinski definition) is 9. The highest BCUT2D eigenvalue weighted by Gasteiger charge is 2.63. The summed E-state index contributed by atoms with van der Waals surface area (Å²) in [7, 11) is 1.22. The van der Waals surface area contributed by atoms with Crippen molar-refractivity contribution in [2.75, 3.05) is 13.7 Å². The van der Waals surface area contributed by atoms with E-state index in [0.29, 0.717) is 0 Å². The number of hydrogen-bond donors (Lipinski definition) is 2. The molecule has 1 rings (SSSR count). The van der Waals surface area contributed by atoms with Crippen LogP contribution in [0, 0.1) is 0 Å². The summed E-state index contributed by atoms with van der Waals surface area (Å²) < 4.78 is 20.2. The Morgan fingerprint density at radius 2 is 1.77 bits per heavy atom. The van der Waals surface area contributed by atoms with Crippen LogP contribution in [0.4, 0.5) is 0 Å². The van der Waals surface area contributed by atoms with Gasteiger partial charge in [0.1, 0.15) is 12.2 Å². The molecule has 0 aliphatic carbocycles. The van der Waals surface area contributed by atoms with E-state index < -0.39 is 54.5 Å². The van der Waals surface area contributed by atoms with Crippen LogP contribution >= 0.6 is 0 Å². The average Bonchev–Trinajstić information content (AvgIpc) is 2.42. The summed E-state index contributed by atoms with van der Waals surface area (Å²) >= 11 is 0. The molecule has 22 heavy (non-hydrogen) atoms. The van der Waals surface area contributed by atoms with Crippen molar-refractivity contribution in [2.24, 2.45) is 0 Å². The summed E-state index contributed by atoms with van der Waals surface area (Å²) in [6.07, 6.45) is -5.82. The van der Waals surface area contributed by atoms with E-state index >= 15 is 0 Å². The fourth-order valence-electron chi connectivity index (χ4n) is 2.49. The first kappa shape index (κ1) is 18.5. The number of esters is 2. The minimum absolute atomic E-state index is 0.725. The molecule has 0 bridgehead atoms. The molecule has 9 nitrogen and oxygen atoms in total. The molecule has 0 unspecified atom stereocenters. The predicted molar refractivity (Wildman–Crippen MR) is 69.5 cm³/mol. The van der Waals surface area contributed by atoms with Gasteiger partial charge >= 0.3 is 11.9 Å². The van der Waals surface area contributed by atoms with Crippen LogP contribution in [-0.4, -0.2) is 71.9 Å². The van der Waals surface area contributed by atoms with Gasteiger partial charge in [-0.25, -0.2) is 0 Å². The van der Waals surface area contributed by atoms with Crippen molar-refractivity contribution in [3.05, 3.63) is 0 Å². The standard InChI is InChI=1S/C13H20O9/c1-6(15)13(22-8(3)17)9(5-14)21-12(19-4)10(18)11(13)20-7(2)16/h9-12,14,18H,5H2,1-4H3/t9-,10-,11-,12+,13-/m1/s1. The third-order valence-corrected chi connectivity index (χ3v) is 3.34. The summed E-state index contributed by atoms with van der Waals surface area (Å²) in [5.74, 6) is -2.42. The van der Waals surface area contributed by atoms with Gasteiger partial charge in [-0.1, -0.05) is 0 Å². The lowest BCUT2D eigenvalue weighted by Gasteiger charge is -2.48. The third-order valence-electron chi connectivity index (χ3n) is 3.34. The lowest BCUT2D eigenvalue weighted by Crippen LogP contribution is -2.72. The van der Waals surface area contributed by atoms with Gasteiger partial charge in [-0.3, -0.25) is 14.4 Å². The molecule has 1 aliphatic rings. The van der Waals surface area contributed by atoms with E-state index in [1.165, 1.54) is 7.11 Å². The molecule has 0 aromatic heterocycles. The van der Waals surface area contributed by atoms with E-state index in [4.69, 9.17) is 18.9 Å². The summed E-state index contributed by atoms with van der Waals surface area (Å²) in [5.41, 5.74) is -2.17. The van der Waals surface area contributed by atoms with E-state index in [-0.39, 0.29) is 0 Å². The highest BCUT2D eigenvalue weighted by atomic mass is 16.7. The summed E-state index contributed by atoms with van der Waals surface area (Å²) in [6.45, 7) is 2.46. The van der Waals surface area contributed by atoms with Gasteiger partial charge in [0.2, 0.25) is 5.60 Å². The van der Waals surface area contributed by atoms with Crippen molar-refractivity contribution in [1.82, 2.24) is 0 Å². The van der Waals surface area contributed by atoms with E-state index in [1.54, 1.807) is 0 Å². The molecule has 0 amide bonds. The number of ether oxygens (including phenoxy) is 4. The second kappa shape index (κ2) is 7.14. The van der Waals surface area contributed by atoms with Crippen LogP contribution in [0.25, 0.3) is 0 Å². The van der Waals surface area contributed by atoms with Gasteiger partial charge in [0.25, 0.3) is 0 Å². The van der Waals surface area contributed by atoms with Crippen molar-refractivity contribution in [3.63, 3.8) is 0 Å². The minimum Gasteiger partial charge on any atom is -0.455 e. The van der Waals surface area contributed by atoms with Crippen LogP contribution in [0.15, 0.2) is 0 Å². The molecule has 1 heterocycles. The Hall–Kier alpha value is -1.55. The van der Waals surface area contributed by atoms with Crippen LogP contribution in [0.3, 0.4) is 0 Å². The molecule has 0 radical (unpaired) electrons. The van der Waals surface area contributed by atoms with Gasteiger partial charge < -0.3 is 29.2 Å². The molecule has 9 heteroatoms. The second-order valence-corrected chi connectivity index (χ2v) is 4.87. The molecular formula is C13H20O9. The lowest BCUT2D eigenvalue weighted by atomic mass is 9.80. The van der Waals surface area contributed by atoms with E-state index in [1.807, 2.05) is 0 Å². The Balaban J connectivity index is 3.42. The first-order valence-corrected chi connectivity index (χ1v) is 6.55. The van der Waals surface area contributed by atoms with Gasteiger partial charge in [0.05, 0.1) is 6.61 Å². The van der Waals surface area contributed by atoms with E-state index in [0.717, 1.165) is 20.8 Å². The number of carbonyl (C=O) groups is 3. The molecule has 1 fully saturated rings. The number of rotatable bonds is 5. The van der Waals surface area contributed by atoms with Crippen molar-refractivity contribution in [3.8, 4) is 0 Å². The van der Waals surface area contributed by atoms with Crippen LogP contribution in [0.5, 0.6) is 0 Å². The predicted octanol–water partition coefficient (Wildman–Crippen LogP) is -1.47. The number of ketones is 1. The molecule has 0 aromatic carbocycles. The summed E-state index contributed by atoms with van der Waals surface area (Å²) in [4.78, 5) is 34.9. The van der Waals surface area contributed by atoms with Crippen LogP contribution in [-0.2, 0) is 33.3 Å². The largest absolute Gasteiger partial charge is 0.455 e. The Bertz CT molecular complexity index is 449. The zero-order valence-electron chi connectivity index (χ0n) is 12.8. The highest BCUT2D eigenvalue weighted by molar-refractivity contribution is 5.89. The first-order valence-electron chi connectivity index (χ1n) is 6.55. The van der Waals surface area contributed by atoms with Crippen molar-refractivity contribution in [2.45, 2.75) is 51.0 Å². The van der Waals surface area contributed by atoms with Gasteiger partial charge in [-0.05, 0) is 6.92 Å². The van der Waals surface area contributed by atoms with Crippen molar-refractivity contribution in [1.29, 1.82) is 0 Å². The fourth-order valence-corrected chi connectivity index (χ4v) is 2.49. The maximum absolute atomic E-state index is 12.1. The Morgan fingerprint density at radius 3 is 2.14 bits per heavy atom. The molecular weight excluding hydrogens is 300 g/mol. The number of aliphatic hydroxyl groups excluding tert-OH is 2.